The second-order valence-corrected chi connectivity index (χ2v) is 4.19. The van der Waals surface area contributed by atoms with Gasteiger partial charge >= 0.3 is 57.4 Å². The van der Waals surface area contributed by atoms with Crippen LogP contribution in [0.5, 0.6) is 0 Å². The van der Waals surface area contributed by atoms with Gasteiger partial charge in [0.05, 0.1) is 5.56 Å². The molecule has 72 valence electrons. The van der Waals surface area contributed by atoms with Crippen molar-refractivity contribution in [2.75, 3.05) is 0 Å². The van der Waals surface area contributed by atoms with E-state index in [0.29, 0.717) is 5.56 Å². The van der Waals surface area contributed by atoms with Crippen molar-refractivity contribution in [3.63, 3.8) is 0 Å². The Bertz CT molecular complexity index is 375. The molecule has 0 fully saturated rings. The first kappa shape index (κ1) is 15.1. The summed E-state index contributed by atoms with van der Waals surface area (Å²) in [6.45, 7) is 5.90. The molecule has 0 aliphatic carbocycles. The number of hydrogen-bond donors (Lipinski definition) is 1. The summed E-state index contributed by atoms with van der Waals surface area (Å²) in [6, 6.07) is 1.73. The first-order chi connectivity index (χ1) is 5.95. The third-order valence-electron chi connectivity index (χ3n) is 2.31. The molecule has 0 bridgehead atoms. The Kier molecular flexibility index (Phi) is 6.41. The zero-order valence-electron chi connectivity index (χ0n) is 7.81. The van der Waals surface area contributed by atoms with Crippen LogP contribution in [0.3, 0.4) is 0 Å². The number of aryl methyl sites for hydroxylation is 1. The molecular formula is C10H12IKO2. The van der Waals surface area contributed by atoms with E-state index in [4.69, 9.17) is 5.11 Å². The second-order valence-electron chi connectivity index (χ2n) is 3.11. The molecule has 0 radical (unpaired) electrons. The molecule has 1 aromatic rings. The Balaban J connectivity index is 0.00000169. The van der Waals surface area contributed by atoms with Gasteiger partial charge in [0, 0.05) is 3.57 Å². The van der Waals surface area contributed by atoms with Crippen LogP contribution in [-0.4, -0.2) is 62.5 Å². The van der Waals surface area contributed by atoms with Gasteiger partial charge in [-0.15, -0.1) is 0 Å². The van der Waals surface area contributed by atoms with E-state index in [-0.39, 0.29) is 51.4 Å². The van der Waals surface area contributed by atoms with Gasteiger partial charge in [-0.3, -0.25) is 0 Å². The third-order valence-corrected chi connectivity index (χ3v) is 3.70. The number of carbonyl (C=O) groups is 1. The number of rotatable bonds is 1. The molecule has 0 spiro atoms. The zero-order valence-corrected chi connectivity index (χ0v) is 9.97. The van der Waals surface area contributed by atoms with Crippen LogP contribution in [-0.2, 0) is 0 Å². The molecule has 0 aliphatic rings. The van der Waals surface area contributed by atoms with Gasteiger partial charge in [0.15, 0.2) is 0 Å². The van der Waals surface area contributed by atoms with Gasteiger partial charge in [-0.25, -0.2) is 4.79 Å². The maximum absolute atomic E-state index is 10.8. The van der Waals surface area contributed by atoms with Crippen molar-refractivity contribution in [1.29, 1.82) is 0 Å². The van der Waals surface area contributed by atoms with Crippen molar-refractivity contribution >= 4 is 79.9 Å². The number of benzene rings is 1. The summed E-state index contributed by atoms with van der Waals surface area (Å²) in [5, 5.41) is 8.90. The minimum absolute atomic E-state index is 0. The van der Waals surface area contributed by atoms with E-state index in [1.807, 2.05) is 20.8 Å². The normalized spacial score (nSPS) is 9.43. The molecule has 2 nitrogen and oxygen atoms in total. The molecule has 0 atom stereocenters. The van der Waals surface area contributed by atoms with E-state index in [1.54, 1.807) is 6.07 Å². The SMILES string of the molecule is Cc1cc(C(=O)O)c(I)c(C)c1C.[KH]. The van der Waals surface area contributed by atoms with Gasteiger partial charge in [-0.1, -0.05) is 0 Å². The first-order valence-electron chi connectivity index (χ1n) is 3.94. The van der Waals surface area contributed by atoms with E-state index in [0.717, 1.165) is 14.7 Å². The van der Waals surface area contributed by atoms with Gasteiger partial charge in [0.2, 0.25) is 0 Å². The summed E-state index contributed by atoms with van der Waals surface area (Å²) in [5.74, 6) is -0.851. The fourth-order valence-electron chi connectivity index (χ4n) is 1.21. The van der Waals surface area contributed by atoms with Gasteiger partial charge < -0.3 is 5.11 Å². The Morgan fingerprint density at radius 2 is 1.79 bits per heavy atom. The van der Waals surface area contributed by atoms with Crippen LogP contribution in [0.25, 0.3) is 0 Å². The fourth-order valence-corrected chi connectivity index (χ4v) is 2.00. The molecule has 0 heterocycles. The standard InChI is InChI=1S/C10H11IO2.K.H/c1-5-4-8(10(12)13)9(11)7(3)6(5)2;;/h4H,1-3H3,(H,12,13);;. The molecule has 0 amide bonds. The van der Waals surface area contributed by atoms with Crippen molar-refractivity contribution < 1.29 is 9.90 Å². The predicted octanol–water partition coefficient (Wildman–Crippen LogP) is 2.27. The van der Waals surface area contributed by atoms with Crippen LogP contribution in [0.4, 0.5) is 0 Å². The average Bonchev–Trinajstić information content (AvgIpc) is 2.07. The minimum atomic E-state index is -0.851. The number of carboxylic acids is 1. The summed E-state index contributed by atoms with van der Waals surface area (Å²) < 4.78 is 0.841. The summed E-state index contributed by atoms with van der Waals surface area (Å²) in [5.41, 5.74) is 3.68. The Hall–Kier alpha value is 1.06. The molecule has 1 rings (SSSR count). The monoisotopic (exact) mass is 330 g/mol. The van der Waals surface area contributed by atoms with E-state index >= 15 is 0 Å². The predicted molar refractivity (Wildman–Crippen MR) is 67.5 cm³/mol. The van der Waals surface area contributed by atoms with Crippen LogP contribution in [0.1, 0.15) is 27.0 Å². The topological polar surface area (TPSA) is 37.3 Å². The van der Waals surface area contributed by atoms with Gasteiger partial charge in [-0.05, 0) is 66.1 Å². The second kappa shape index (κ2) is 5.96. The Morgan fingerprint density at radius 3 is 2.21 bits per heavy atom. The molecule has 0 unspecified atom stereocenters. The summed E-state index contributed by atoms with van der Waals surface area (Å²) in [4.78, 5) is 10.8. The summed E-state index contributed by atoms with van der Waals surface area (Å²) in [7, 11) is 0. The molecule has 0 saturated heterocycles. The van der Waals surface area contributed by atoms with Gasteiger partial charge in [0.1, 0.15) is 0 Å². The maximum atomic E-state index is 10.8. The van der Waals surface area contributed by atoms with Crippen LogP contribution >= 0.6 is 22.6 Å². The van der Waals surface area contributed by atoms with Crippen LogP contribution in [0, 0.1) is 24.3 Å². The number of halogens is 1. The van der Waals surface area contributed by atoms with E-state index in [2.05, 4.69) is 22.6 Å². The van der Waals surface area contributed by atoms with E-state index in [1.165, 1.54) is 5.56 Å². The van der Waals surface area contributed by atoms with Crippen molar-refractivity contribution in [2.45, 2.75) is 20.8 Å². The number of aromatic carboxylic acids is 1. The van der Waals surface area contributed by atoms with Crippen molar-refractivity contribution in [1.82, 2.24) is 0 Å². The number of hydrogen-bond acceptors (Lipinski definition) is 1. The average molecular weight is 330 g/mol. The molecule has 1 aromatic carbocycles. The Morgan fingerprint density at radius 1 is 1.29 bits per heavy atom. The van der Waals surface area contributed by atoms with E-state index in [9.17, 15) is 4.79 Å². The number of carboxylic acid groups (broad SMARTS) is 1. The molecule has 0 aromatic heterocycles. The van der Waals surface area contributed by atoms with Gasteiger partial charge in [0.25, 0.3) is 0 Å². The van der Waals surface area contributed by atoms with Crippen molar-refractivity contribution in [3.05, 3.63) is 31.9 Å². The molecule has 0 saturated carbocycles. The molecule has 0 aliphatic heterocycles. The van der Waals surface area contributed by atoms with Crippen LogP contribution < -0.4 is 0 Å². The van der Waals surface area contributed by atoms with Crippen LogP contribution in [0.2, 0.25) is 0 Å². The van der Waals surface area contributed by atoms with Gasteiger partial charge in [-0.2, -0.15) is 0 Å². The molecule has 14 heavy (non-hydrogen) atoms. The quantitative estimate of drug-likeness (QED) is 0.634. The van der Waals surface area contributed by atoms with E-state index < -0.39 is 5.97 Å². The van der Waals surface area contributed by atoms with Crippen molar-refractivity contribution in [3.8, 4) is 0 Å². The zero-order chi connectivity index (χ0) is 10.2. The molecule has 4 heteroatoms. The first-order valence-corrected chi connectivity index (χ1v) is 5.02. The Labute approximate surface area is 140 Å². The third kappa shape index (κ3) is 3.02. The summed E-state index contributed by atoms with van der Waals surface area (Å²) in [6.07, 6.45) is 0. The van der Waals surface area contributed by atoms with Crippen molar-refractivity contribution in [2.24, 2.45) is 0 Å². The fraction of sp³-hybridized carbons (Fsp3) is 0.300. The molecule has 1 N–H and O–H groups in total. The van der Waals surface area contributed by atoms with Crippen LogP contribution in [0.15, 0.2) is 6.07 Å². The molecular weight excluding hydrogens is 318 g/mol. The summed E-state index contributed by atoms with van der Waals surface area (Å²) >= 11 is 2.08.